The van der Waals surface area contributed by atoms with Gasteiger partial charge in [-0.3, -0.25) is 4.57 Å². The van der Waals surface area contributed by atoms with Gasteiger partial charge in [-0.2, -0.15) is 0 Å². The molecule has 0 spiro atoms. The predicted molar refractivity (Wildman–Crippen MR) is 148 cm³/mol. The molecule has 0 unspecified atom stereocenters. The summed E-state index contributed by atoms with van der Waals surface area (Å²) in [5.74, 6) is -0.378. The molecule has 0 radical (unpaired) electrons. The molecule has 4 rings (SSSR count). The monoisotopic (exact) mass is 522 g/mol. The van der Waals surface area contributed by atoms with Crippen molar-refractivity contribution >= 4 is 42.9 Å². The lowest BCUT2D eigenvalue weighted by molar-refractivity contribution is 0.339. The fourth-order valence-electron chi connectivity index (χ4n) is 4.27. The normalized spacial score (nSPS) is 12.4. The number of hydrogen-bond donors (Lipinski definition) is 0. The van der Waals surface area contributed by atoms with Gasteiger partial charge in [0.15, 0.2) is 14.3 Å². The maximum atomic E-state index is 14.7. The van der Waals surface area contributed by atoms with E-state index in [-0.39, 0.29) is 18.4 Å². The van der Waals surface area contributed by atoms with Gasteiger partial charge in [0, 0.05) is 21.2 Å². The molecular formula is C28H29O4P3. The molecule has 0 N–H and O–H groups in total. The molecule has 4 aromatic rings. The van der Waals surface area contributed by atoms with Crippen LogP contribution in [0.2, 0.25) is 0 Å². The van der Waals surface area contributed by atoms with Crippen molar-refractivity contribution < 1.29 is 18.2 Å². The van der Waals surface area contributed by atoms with E-state index in [1.54, 1.807) is 55.5 Å². The minimum absolute atomic E-state index is 0.171. The summed E-state index contributed by atoms with van der Waals surface area (Å²) in [5, 5.41) is 2.45. The first-order valence-corrected chi connectivity index (χ1v) is 17.3. The zero-order valence-electron chi connectivity index (χ0n) is 19.6. The molecular weight excluding hydrogens is 493 g/mol. The van der Waals surface area contributed by atoms with Crippen LogP contribution in [0.5, 0.6) is 0 Å². The molecule has 0 saturated carbocycles. The van der Waals surface area contributed by atoms with Gasteiger partial charge in [-0.15, -0.1) is 0 Å². The van der Waals surface area contributed by atoms with Gasteiger partial charge in [-0.1, -0.05) is 121 Å². The van der Waals surface area contributed by atoms with E-state index in [1.165, 1.54) is 0 Å². The molecule has 35 heavy (non-hydrogen) atoms. The highest BCUT2D eigenvalue weighted by molar-refractivity contribution is 7.93. The van der Waals surface area contributed by atoms with Crippen LogP contribution in [0.15, 0.2) is 121 Å². The maximum Gasteiger partial charge on any atom is 0.218 e. The fourth-order valence-corrected chi connectivity index (χ4v) is 17.2. The zero-order valence-corrected chi connectivity index (χ0v) is 22.3. The van der Waals surface area contributed by atoms with Gasteiger partial charge in [-0.25, -0.2) is 0 Å². The van der Waals surface area contributed by atoms with Gasteiger partial charge in [0.25, 0.3) is 0 Å². The van der Waals surface area contributed by atoms with Crippen molar-refractivity contribution in [3.63, 3.8) is 0 Å². The van der Waals surface area contributed by atoms with Crippen molar-refractivity contribution in [3.8, 4) is 0 Å². The van der Waals surface area contributed by atoms with Crippen molar-refractivity contribution in [2.24, 2.45) is 0 Å². The minimum Gasteiger partial charge on any atom is -0.328 e. The van der Waals surface area contributed by atoms with Gasteiger partial charge in [-0.05, 0) is 6.92 Å². The lowest BCUT2D eigenvalue weighted by Crippen LogP contribution is -2.23. The molecule has 7 heteroatoms. The SMILES string of the molecule is CCOP(=O)(CP(=O)(c1ccccc1)c1ccccc1)CP(=O)(c1ccccc1)c1ccccc1. The van der Waals surface area contributed by atoms with Gasteiger partial charge in [0.2, 0.25) is 7.37 Å². The Hall–Kier alpha value is -2.47. The van der Waals surface area contributed by atoms with Gasteiger partial charge in [0.05, 0.1) is 18.4 Å². The minimum atomic E-state index is -3.65. The van der Waals surface area contributed by atoms with E-state index in [1.807, 2.05) is 72.8 Å². The Morgan fingerprint density at radius 1 is 0.486 bits per heavy atom. The second-order valence-electron chi connectivity index (χ2n) is 8.34. The number of hydrogen-bond acceptors (Lipinski definition) is 4. The quantitative estimate of drug-likeness (QED) is 0.231. The highest BCUT2D eigenvalue weighted by Crippen LogP contribution is 2.67. The van der Waals surface area contributed by atoms with Crippen LogP contribution in [0.25, 0.3) is 0 Å². The Labute approximate surface area is 207 Å². The van der Waals surface area contributed by atoms with E-state index in [0.29, 0.717) is 21.2 Å². The van der Waals surface area contributed by atoms with Gasteiger partial charge < -0.3 is 13.7 Å². The summed E-state index contributed by atoms with van der Waals surface area (Å²) in [7, 11) is -10.4. The third-order valence-corrected chi connectivity index (χ3v) is 17.8. The van der Waals surface area contributed by atoms with Crippen LogP contribution in [-0.2, 0) is 18.2 Å². The van der Waals surface area contributed by atoms with Crippen molar-refractivity contribution in [2.45, 2.75) is 6.92 Å². The Balaban J connectivity index is 1.84. The molecule has 0 aliphatic heterocycles. The third-order valence-electron chi connectivity index (χ3n) is 5.89. The first kappa shape index (κ1) is 25.6. The first-order chi connectivity index (χ1) is 16.9. The summed E-state index contributed by atoms with van der Waals surface area (Å²) in [5.41, 5.74) is 0. The lowest BCUT2D eigenvalue weighted by Gasteiger charge is -2.29. The highest BCUT2D eigenvalue weighted by Gasteiger charge is 2.43. The van der Waals surface area contributed by atoms with Crippen LogP contribution < -0.4 is 21.2 Å². The third kappa shape index (κ3) is 5.69. The summed E-state index contributed by atoms with van der Waals surface area (Å²) in [6, 6.07) is 36.5. The molecule has 0 aliphatic rings. The van der Waals surface area contributed by atoms with Crippen molar-refractivity contribution in [1.82, 2.24) is 0 Å². The fraction of sp³-hybridized carbons (Fsp3) is 0.143. The molecule has 0 aliphatic carbocycles. The molecule has 180 valence electrons. The predicted octanol–water partition coefficient (Wildman–Crippen LogP) is 6.24. The standard InChI is InChI=1S/C28H29O4P3/c1-2-32-33(29,23-34(30,25-15-7-3-8-16-25)26-17-9-4-10-18-26)24-35(31,27-19-11-5-12-20-27)28-21-13-6-14-22-28/h3-22H,2,23-24H2,1H3. The molecule has 0 amide bonds. The van der Waals surface area contributed by atoms with Gasteiger partial charge >= 0.3 is 0 Å². The van der Waals surface area contributed by atoms with Crippen LogP contribution in [0.3, 0.4) is 0 Å². The summed E-state index contributed by atoms with van der Waals surface area (Å²) in [4.78, 5) is 0. The van der Waals surface area contributed by atoms with E-state index in [0.717, 1.165) is 0 Å². The van der Waals surface area contributed by atoms with E-state index in [4.69, 9.17) is 4.52 Å². The average Bonchev–Trinajstić information content (AvgIpc) is 2.90. The van der Waals surface area contributed by atoms with E-state index in [2.05, 4.69) is 0 Å². The van der Waals surface area contributed by atoms with Crippen LogP contribution in [0.1, 0.15) is 6.92 Å². The Bertz CT molecular complexity index is 1190. The molecule has 0 heterocycles. The Morgan fingerprint density at radius 3 is 0.971 bits per heavy atom. The summed E-state index contributed by atoms with van der Waals surface area (Å²) in [6.07, 6.45) is 0. The van der Waals surface area contributed by atoms with E-state index >= 15 is 0 Å². The average molecular weight is 522 g/mol. The van der Waals surface area contributed by atoms with Crippen LogP contribution in [0.4, 0.5) is 0 Å². The number of benzene rings is 4. The van der Waals surface area contributed by atoms with Gasteiger partial charge in [0.1, 0.15) is 0 Å². The smallest absolute Gasteiger partial charge is 0.218 e. The Kier molecular flexibility index (Phi) is 8.10. The topological polar surface area (TPSA) is 60.4 Å². The Morgan fingerprint density at radius 2 is 0.743 bits per heavy atom. The lowest BCUT2D eigenvalue weighted by atomic mass is 10.4. The molecule has 0 bridgehead atoms. The zero-order chi connectivity index (χ0) is 24.8. The van der Waals surface area contributed by atoms with Crippen molar-refractivity contribution in [1.29, 1.82) is 0 Å². The highest BCUT2D eigenvalue weighted by atomic mass is 31.2. The second kappa shape index (κ2) is 11.1. The van der Waals surface area contributed by atoms with Crippen LogP contribution in [0, 0.1) is 0 Å². The van der Waals surface area contributed by atoms with Crippen LogP contribution in [-0.4, -0.2) is 18.4 Å². The molecule has 0 atom stereocenters. The molecule has 4 aromatic carbocycles. The van der Waals surface area contributed by atoms with E-state index < -0.39 is 21.7 Å². The number of rotatable bonds is 10. The summed E-state index contributed by atoms with van der Waals surface area (Å²) in [6.45, 7) is 1.93. The first-order valence-electron chi connectivity index (χ1n) is 11.5. The summed E-state index contributed by atoms with van der Waals surface area (Å²) >= 11 is 0. The van der Waals surface area contributed by atoms with E-state index in [9.17, 15) is 13.7 Å². The maximum absolute atomic E-state index is 14.7. The molecule has 0 fully saturated rings. The molecule has 0 aromatic heterocycles. The van der Waals surface area contributed by atoms with Crippen molar-refractivity contribution in [3.05, 3.63) is 121 Å². The molecule has 4 nitrogen and oxygen atoms in total. The summed E-state index contributed by atoms with van der Waals surface area (Å²) < 4.78 is 49.9. The van der Waals surface area contributed by atoms with Crippen molar-refractivity contribution in [2.75, 3.05) is 18.4 Å². The second-order valence-corrected chi connectivity index (χ2v) is 17.5. The largest absolute Gasteiger partial charge is 0.328 e. The van der Waals surface area contributed by atoms with Crippen LogP contribution >= 0.6 is 21.7 Å². The molecule has 0 saturated heterocycles.